The Bertz CT molecular complexity index is 636. The fourth-order valence-corrected chi connectivity index (χ4v) is 3.64. The average molecular weight is 329 g/mol. The molecule has 2 heterocycles. The first-order valence-electron chi connectivity index (χ1n) is 8.47. The van der Waals surface area contributed by atoms with Crippen LogP contribution in [0, 0.1) is 0 Å². The average Bonchev–Trinajstić information content (AvgIpc) is 2.84. The molecule has 0 aliphatic carbocycles. The van der Waals surface area contributed by atoms with Gasteiger partial charge in [0.2, 0.25) is 5.91 Å². The van der Waals surface area contributed by atoms with E-state index in [0.717, 1.165) is 24.2 Å². The van der Waals surface area contributed by atoms with Crippen molar-refractivity contribution < 1.29 is 14.4 Å². The molecule has 2 fully saturated rings. The molecule has 1 aromatic carbocycles. The highest BCUT2D eigenvalue weighted by molar-refractivity contribution is 6.13. The molecule has 2 unspecified atom stereocenters. The molecule has 1 aromatic rings. The largest absolute Gasteiger partial charge is 0.336 e. The topological polar surface area (TPSA) is 60.9 Å². The van der Waals surface area contributed by atoms with Crippen molar-refractivity contribution in [2.45, 2.75) is 45.2 Å². The number of para-hydroxylation sites is 1. The van der Waals surface area contributed by atoms with Crippen molar-refractivity contribution in [3.05, 3.63) is 30.3 Å². The molecule has 0 saturated carbocycles. The maximum atomic E-state index is 12.7. The Morgan fingerprint density at radius 2 is 1.71 bits per heavy atom. The minimum Gasteiger partial charge on any atom is -0.336 e. The van der Waals surface area contributed by atoms with Gasteiger partial charge in [0.25, 0.3) is 5.91 Å². The number of carbonyl (C=O) groups excluding carboxylic acids is 3. The molecule has 2 atom stereocenters. The molecule has 24 heavy (non-hydrogen) atoms. The van der Waals surface area contributed by atoms with Crippen LogP contribution in [0.5, 0.6) is 0 Å². The van der Waals surface area contributed by atoms with Crippen molar-refractivity contribution in [2.75, 3.05) is 18.0 Å². The van der Waals surface area contributed by atoms with Crippen LogP contribution in [0.3, 0.4) is 0 Å². The van der Waals surface area contributed by atoms with Crippen LogP contribution < -0.4 is 4.90 Å². The van der Waals surface area contributed by atoms with E-state index < -0.39 is 6.03 Å². The Kier molecular flexibility index (Phi) is 4.55. The van der Waals surface area contributed by atoms with Crippen LogP contribution in [0.25, 0.3) is 0 Å². The summed E-state index contributed by atoms with van der Waals surface area (Å²) in [5, 5.41) is 0. The monoisotopic (exact) mass is 329 g/mol. The van der Waals surface area contributed by atoms with E-state index >= 15 is 0 Å². The third-order valence-electron chi connectivity index (χ3n) is 4.90. The molecule has 6 nitrogen and oxygen atoms in total. The Morgan fingerprint density at radius 1 is 1.08 bits per heavy atom. The Hall–Kier alpha value is -2.37. The van der Waals surface area contributed by atoms with Crippen LogP contribution in [0.4, 0.5) is 10.5 Å². The van der Waals surface area contributed by atoms with Gasteiger partial charge in [-0.25, -0.2) is 4.79 Å². The first-order valence-corrected chi connectivity index (χ1v) is 8.47. The van der Waals surface area contributed by atoms with Gasteiger partial charge in [0.1, 0.15) is 13.1 Å². The Balaban J connectivity index is 1.72. The summed E-state index contributed by atoms with van der Waals surface area (Å²) >= 11 is 0. The van der Waals surface area contributed by atoms with Crippen molar-refractivity contribution in [1.82, 2.24) is 9.80 Å². The second-order valence-corrected chi connectivity index (χ2v) is 6.61. The molecule has 0 aromatic heterocycles. The van der Waals surface area contributed by atoms with Crippen LogP contribution in [0.2, 0.25) is 0 Å². The zero-order valence-electron chi connectivity index (χ0n) is 14.1. The predicted molar refractivity (Wildman–Crippen MR) is 90.5 cm³/mol. The molecule has 4 amide bonds. The molecule has 0 radical (unpaired) electrons. The maximum absolute atomic E-state index is 12.7. The van der Waals surface area contributed by atoms with Crippen molar-refractivity contribution in [2.24, 2.45) is 0 Å². The quantitative estimate of drug-likeness (QED) is 0.799. The molecule has 0 N–H and O–H groups in total. The summed E-state index contributed by atoms with van der Waals surface area (Å²) in [5.74, 6) is -0.471. The Labute approximate surface area is 142 Å². The molecule has 0 spiro atoms. The number of hydrogen-bond donors (Lipinski definition) is 0. The number of imide groups is 1. The second kappa shape index (κ2) is 6.63. The van der Waals surface area contributed by atoms with Gasteiger partial charge in [-0.1, -0.05) is 18.2 Å². The van der Waals surface area contributed by atoms with Crippen molar-refractivity contribution in [3.63, 3.8) is 0 Å². The van der Waals surface area contributed by atoms with Gasteiger partial charge in [0.15, 0.2) is 0 Å². The number of urea groups is 1. The number of benzene rings is 1. The van der Waals surface area contributed by atoms with Gasteiger partial charge < -0.3 is 4.90 Å². The highest BCUT2D eigenvalue weighted by atomic mass is 16.2. The lowest BCUT2D eigenvalue weighted by Gasteiger charge is -2.39. The number of carbonyl (C=O) groups is 3. The number of piperidine rings is 1. The van der Waals surface area contributed by atoms with Crippen LogP contribution in [-0.4, -0.2) is 52.8 Å². The summed E-state index contributed by atoms with van der Waals surface area (Å²) in [7, 11) is 0. The maximum Gasteiger partial charge on any atom is 0.332 e. The summed E-state index contributed by atoms with van der Waals surface area (Å²) < 4.78 is 0. The number of likely N-dealkylation sites (tertiary alicyclic amines) is 1. The van der Waals surface area contributed by atoms with E-state index in [9.17, 15) is 14.4 Å². The third-order valence-corrected chi connectivity index (χ3v) is 4.90. The van der Waals surface area contributed by atoms with E-state index in [0.29, 0.717) is 5.69 Å². The Morgan fingerprint density at radius 3 is 2.33 bits per heavy atom. The molecule has 2 aliphatic rings. The zero-order valence-corrected chi connectivity index (χ0v) is 14.1. The highest BCUT2D eigenvalue weighted by Crippen LogP contribution is 2.24. The minimum absolute atomic E-state index is 0.0127. The van der Waals surface area contributed by atoms with Gasteiger partial charge in [0, 0.05) is 17.8 Å². The first-order chi connectivity index (χ1) is 11.5. The molecular formula is C18H23N3O3. The van der Waals surface area contributed by atoms with E-state index in [1.807, 2.05) is 36.9 Å². The molecule has 2 saturated heterocycles. The minimum atomic E-state index is -0.420. The molecule has 6 heteroatoms. The van der Waals surface area contributed by atoms with E-state index in [-0.39, 0.29) is 37.0 Å². The number of anilines is 1. The molecule has 0 bridgehead atoms. The van der Waals surface area contributed by atoms with E-state index in [1.54, 1.807) is 12.1 Å². The summed E-state index contributed by atoms with van der Waals surface area (Å²) in [4.78, 5) is 41.8. The van der Waals surface area contributed by atoms with Gasteiger partial charge in [-0.2, -0.15) is 0 Å². The van der Waals surface area contributed by atoms with Crippen LogP contribution in [0.15, 0.2) is 30.3 Å². The predicted octanol–water partition coefficient (Wildman–Crippen LogP) is 2.24. The summed E-state index contributed by atoms with van der Waals surface area (Å²) in [6.07, 6.45) is 3.04. The SMILES string of the molecule is CC1CCCC(C)N1C(=O)CN1C(=O)CN(c2ccccc2)C1=O. The summed E-state index contributed by atoms with van der Waals surface area (Å²) in [6, 6.07) is 8.94. The normalized spacial score (nSPS) is 24.7. The molecule has 3 rings (SSSR count). The number of amides is 4. The van der Waals surface area contributed by atoms with Gasteiger partial charge >= 0.3 is 6.03 Å². The summed E-state index contributed by atoms with van der Waals surface area (Å²) in [6.45, 7) is 3.87. The fraction of sp³-hybridized carbons (Fsp3) is 0.500. The van der Waals surface area contributed by atoms with E-state index in [1.165, 1.54) is 4.90 Å². The molecule has 128 valence electrons. The number of rotatable bonds is 3. The first kappa shape index (κ1) is 16.5. The second-order valence-electron chi connectivity index (χ2n) is 6.61. The van der Waals surface area contributed by atoms with Gasteiger partial charge in [-0.15, -0.1) is 0 Å². The van der Waals surface area contributed by atoms with Gasteiger partial charge in [-0.3, -0.25) is 19.4 Å². The fourth-order valence-electron chi connectivity index (χ4n) is 3.64. The number of nitrogens with zero attached hydrogens (tertiary/aromatic N) is 3. The van der Waals surface area contributed by atoms with Crippen molar-refractivity contribution in [3.8, 4) is 0 Å². The van der Waals surface area contributed by atoms with Crippen molar-refractivity contribution in [1.29, 1.82) is 0 Å². The zero-order chi connectivity index (χ0) is 17.3. The number of hydrogen-bond acceptors (Lipinski definition) is 3. The standard InChI is InChI=1S/C18H23N3O3/c1-13-7-6-8-14(2)21(13)17(23)12-20-16(22)11-19(18(20)24)15-9-4-3-5-10-15/h3-5,9-10,13-14H,6-8,11-12H2,1-2H3. The van der Waals surface area contributed by atoms with E-state index in [4.69, 9.17) is 0 Å². The third kappa shape index (κ3) is 3.00. The molecular weight excluding hydrogens is 306 g/mol. The lowest BCUT2D eigenvalue weighted by Crippen LogP contribution is -2.52. The lowest BCUT2D eigenvalue weighted by atomic mass is 9.97. The molecule has 2 aliphatic heterocycles. The smallest absolute Gasteiger partial charge is 0.332 e. The van der Waals surface area contributed by atoms with Gasteiger partial charge in [0.05, 0.1) is 0 Å². The van der Waals surface area contributed by atoms with Crippen molar-refractivity contribution >= 4 is 23.5 Å². The highest BCUT2D eigenvalue weighted by Gasteiger charge is 2.40. The van der Waals surface area contributed by atoms with Gasteiger partial charge in [-0.05, 0) is 45.2 Å². The lowest BCUT2D eigenvalue weighted by molar-refractivity contribution is -0.141. The van der Waals surface area contributed by atoms with Crippen LogP contribution in [-0.2, 0) is 9.59 Å². The van der Waals surface area contributed by atoms with Crippen LogP contribution >= 0.6 is 0 Å². The van der Waals surface area contributed by atoms with Crippen LogP contribution in [0.1, 0.15) is 33.1 Å². The van der Waals surface area contributed by atoms with E-state index in [2.05, 4.69) is 0 Å². The summed E-state index contributed by atoms with van der Waals surface area (Å²) in [5.41, 5.74) is 0.672.